The molecule has 2 N–H and O–H groups in total. The molecule has 118 valence electrons. The van der Waals surface area contributed by atoms with Crippen molar-refractivity contribution < 1.29 is 19.7 Å². The first-order valence-corrected chi connectivity index (χ1v) is 7.82. The molecule has 0 fully saturated rings. The topological polar surface area (TPSA) is 70.0 Å². The number of carbonyl (C=O) groups is 1. The van der Waals surface area contributed by atoms with Crippen LogP contribution in [0.1, 0.15) is 23.0 Å². The van der Waals surface area contributed by atoms with Gasteiger partial charge in [0, 0.05) is 24.9 Å². The van der Waals surface area contributed by atoms with E-state index in [0.717, 1.165) is 10.4 Å². The molecular weight excluding hydrogens is 302 g/mol. The van der Waals surface area contributed by atoms with Gasteiger partial charge < -0.3 is 19.8 Å². The number of ether oxygens (including phenoxy) is 1. The van der Waals surface area contributed by atoms with Crippen LogP contribution in [0.4, 0.5) is 4.79 Å². The molecule has 0 aliphatic carbocycles. The summed E-state index contributed by atoms with van der Waals surface area (Å²) < 4.78 is 6.00. The van der Waals surface area contributed by atoms with Crippen LogP contribution in [0.5, 0.6) is 5.75 Å². The maximum absolute atomic E-state index is 10.9. The molecule has 1 heterocycles. The van der Waals surface area contributed by atoms with Gasteiger partial charge in [-0.3, -0.25) is 0 Å². The van der Waals surface area contributed by atoms with Gasteiger partial charge in [0.2, 0.25) is 0 Å². The van der Waals surface area contributed by atoms with Crippen molar-refractivity contribution in [2.75, 3.05) is 13.6 Å². The summed E-state index contributed by atoms with van der Waals surface area (Å²) in [6.45, 7) is 0.394. The third-order valence-corrected chi connectivity index (χ3v) is 4.26. The van der Waals surface area contributed by atoms with Gasteiger partial charge in [0.15, 0.2) is 0 Å². The van der Waals surface area contributed by atoms with Crippen LogP contribution in [0.15, 0.2) is 41.8 Å². The Bertz CT molecular complexity index is 583. The number of carboxylic acid groups (broad SMARTS) is 1. The fourth-order valence-electron chi connectivity index (χ4n) is 1.98. The Morgan fingerprint density at radius 2 is 2.05 bits per heavy atom. The molecule has 1 aromatic carbocycles. The van der Waals surface area contributed by atoms with Crippen molar-refractivity contribution in [3.05, 3.63) is 52.2 Å². The van der Waals surface area contributed by atoms with Crippen LogP contribution in [-0.2, 0) is 6.61 Å². The highest BCUT2D eigenvalue weighted by molar-refractivity contribution is 7.10. The molecule has 22 heavy (non-hydrogen) atoms. The summed E-state index contributed by atoms with van der Waals surface area (Å²) in [5.41, 5.74) is 0.825. The zero-order valence-corrected chi connectivity index (χ0v) is 13.1. The molecular formula is C16H19NO4S. The van der Waals surface area contributed by atoms with Crippen molar-refractivity contribution in [3.63, 3.8) is 0 Å². The first-order valence-electron chi connectivity index (χ1n) is 6.94. The predicted octanol–water partition coefficient (Wildman–Crippen LogP) is 3.36. The van der Waals surface area contributed by atoms with Crippen LogP contribution in [0.3, 0.4) is 0 Å². The molecule has 0 saturated heterocycles. The molecule has 0 saturated carbocycles. The Labute approximate surface area is 133 Å². The second-order valence-corrected chi connectivity index (χ2v) is 5.90. The molecule has 6 heteroatoms. The minimum atomic E-state index is -0.947. The Morgan fingerprint density at radius 1 is 1.32 bits per heavy atom. The highest BCUT2D eigenvalue weighted by Crippen LogP contribution is 2.28. The van der Waals surface area contributed by atoms with E-state index in [0.29, 0.717) is 18.7 Å². The lowest BCUT2D eigenvalue weighted by Crippen LogP contribution is -2.27. The average Bonchev–Trinajstić information content (AvgIpc) is 3.05. The number of hydrogen-bond donors (Lipinski definition) is 2. The van der Waals surface area contributed by atoms with Gasteiger partial charge in [-0.15, -0.1) is 11.3 Å². The monoisotopic (exact) mass is 321 g/mol. The van der Waals surface area contributed by atoms with E-state index in [1.165, 1.54) is 4.90 Å². The van der Waals surface area contributed by atoms with Gasteiger partial charge in [-0.25, -0.2) is 4.79 Å². The predicted molar refractivity (Wildman–Crippen MR) is 85.3 cm³/mol. The minimum absolute atomic E-state index is 0.00194. The van der Waals surface area contributed by atoms with Crippen LogP contribution in [-0.4, -0.2) is 34.8 Å². The number of thiophene rings is 1. The van der Waals surface area contributed by atoms with Crippen molar-refractivity contribution in [1.29, 1.82) is 0 Å². The maximum atomic E-state index is 10.9. The lowest BCUT2D eigenvalue weighted by molar-refractivity contribution is 0.141. The number of amides is 1. The van der Waals surface area contributed by atoms with Gasteiger partial charge in [-0.2, -0.15) is 0 Å². The summed E-state index contributed by atoms with van der Waals surface area (Å²) in [6.07, 6.45) is -0.565. The quantitative estimate of drug-likeness (QED) is 0.820. The number of aliphatic hydroxyl groups is 1. The fourth-order valence-corrected chi connectivity index (χ4v) is 2.77. The first kappa shape index (κ1) is 16.3. The Balaban J connectivity index is 2.05. The SMILES string of the molecule is CN(CCC(Oc1ccc(CO)cc1)c1cccs1)C(=O)O. The van der Waals surface area contributed by atoms with Gasteiger partial charge in [-0.05, 0) is 29.1 Å². The lowest BCUT2D eigenvalue weighted by atomic mass is 10.2. The molecule has 2 aromatic rings. The van der Waals surface area contributed by atoms with Crippen LogP contribution >= 0.6 is 11.3 Å². The van der Waals surface area contributed by atoms with Crippen LogP contribution < -0.4 is 4.74 Å². The van der Waals surface area contributed by atoms with Crippen molar-refractivity contribution in [1.82, 2.24) is 4.90 Å². The van der Waals surface area contributed by atoms with Crippen molar-refractivity contribution in [2.45, 2.75) is 19.1 Å². The van der Waals surface area contributed by atoms with Crippen molar-refractivity contribution in [2.24, 2.45) is 0 Å². The Morgan fingerprint density at radius 3 is 2.59 bits per heavy atom. The zero-order chi connectivity index (χ0) is 15.9. The number of benzene rings is 1. The number of hydrogen-bond acceptors (Lipinski definition) is 4. The number of aliphatic hydroxyl groups excluding tert-OH is 1. The van der Waals surface area contributed by atoms with Crippen molar-refractivity contribution >= 4 is 17.4 Å². The summed E-state index contributed by atoms with van der Waals surface area (Å²) in [6, 6.07) is 11.2. The fraction of sp³-hybridized carbons (Fsp3) is 0.312. The lowest BCUT2D eigenvalue weighted by Gasteiger charge is -2.21. The number of nitrogens with zero attached hydrogens (tertiary/aromatic N) is 1. The van der Waals surface area contributed by atoms with E-state index in [2.05, 4.69) is 0 Å². The normalized spacial score (nSPS) is 11.9. The van der Waals surface area contributed by atoms with Gasteiger partial charge in [-0.1, -0.05) is 18.2 Å². The summed E-state index contributed by atoms with van der Waals surface area (Å²) in [5, 5.41) is 20.0. The highest BCUT2D eigenvalue weighted by atomic mass is 32.1. The zero-order valence-electron chi connectivity index (χ0n) is 12.3. The maximum Gasteiger partial charge on any atom is 0.407 e. The van der Waals surface area contributed by atoms with E-state index >= 15 is 0 Å². The van der Waals surface area contributed by atoms with E-state index in [1.54, 1.807) is 18.4 Å². The molecule has 2 rings (SSSR count). The Hall–Kier alpha value is -2.05. The van der Waals surface area contributed by atoms with Gasteiger partial charge in [0.1, 0.15) is 11.9 Å². The smallest absolute Gasteiger partial charge is 0.407 e. The van der Waals surface area contributed by atoms with Crippen LogP contribution in [0.25, 0.3) is 0 Å². The molecule has 1 atom stereocenters. The molecule has 0 aliphatic heterocycles. The molecule has 0 radical (unpaired) electrons. The molecule has 0 spiro atoms. The van der Waals surface area contributed by atoms with Gasteiger partial charge in [0.05, 0.1) is 6.61 Å². The Kier molecular flexibility index (Phi) is 5.80. The summed E-state index contributed by atoms with van der Waals surface area (Å²) in [7, 11) is 1.55. The van der Waals surface area contributed by atoms with E-state index in [-0.39, 0.29) is 12.7 Å². The van der Waals surface area contributed by atoms with E-state index in [1.807, 2.05) is 41.8 Å². The van der Waals surface area contributed by atoms with E-state index in [9.17, 15) is 4.79 Å². The highest BCUT2D eigenvalue weighted by Gasteiger charge is 2.17. The summed E-state index contributed by atoms with van der Waals surface area (Å²) >= 11 is 1.59. The third-order valence-electron chi connectivity index (χ3n) is 3.30. The second kappa shape index (κ2) is 7.82. The molecule has 1 unspecified atom stereocenters. The standard InChI is InChI=1S/C16H19NO4S/c1-17(16(19)20)9-8-14(15-3-2-10-22-15)21-13-6-4-12(11-18)5-7-13/h2-7,10,14,18H,8-9,11H2,1H3,(H,19,20). The molecule has 1 amide bonds. The number of rotatable bonds is 7. The molecule has 0 bridgehead atoms. The average molecular weight is 321 g/mol. The van der Waals surface area contributed by atoms with Crippen molar-refractivity contribution in [3.8, 4) is 5.75 Å². The molecule has 5 nitrogen and oxygen atoms in total. The summed E-state index contributed by atoms with van der Waals surface area (Å²) in [5.74, 6) is 0.702. The minimum Gasteiger partial charge on any atom is -0.485 e. The van der Waals surface area contributed by atoms with Crippen LogP contribution in [0.2, 0.25) is 0 Å². The molecule has 0 aliphatic rings. The largest absolute Gasteiger partial charge is 0.485 e. The van der Waals surface area contributed by atoms with E-state index < -0.39 is 6.09 Å². The first-order chi connectivity index (χ1) is 10.6. The molecule has 1 aromatic heterocycles. The van der Waals surface area contributed by atoms with Gasteiger partial charge in [0.25, 0.3) is 0 Å². The third kappa shape index (κ3) is 4.47. The second-order valence-electron chi connectivity index (χ2n) is 4.92. The van der Waals surface area contributed by atoms with E-state index in [4.69, 9.17) is 14.9 Å². The van der Waals surface area contributed by atoms with Gasteiger partial charge >= 0.3 is 6.09 Å². The van der Waals surface area contributed by atoms with Crippen LogP contribution in [0, 0.1) is 0 Å². The summed E-state index contributed by atoms with van der Waals surface area (Å²) in [4.78, 5) is 13.2.